The Labute approximate surface area is 171 Å². The van der Waals surface area contributed by atoms with Gasteiger partial charge < -0.3 is 24.6 Å². The van der Waals surface area contributed by atoms with E-state index in [0.29, 0.717) is 25.4 Å². The van der Waals surface area contributed by atoms with Crippen LogP contribution in [-0.4, -0.2) is 56.6 Å². The van der Waals surface area contributed by atoms with Crippen LogP contribution in [0.4, 0.5) is 11.4 Å². The quantitative estimate of drug-likeness (QED) is 0.728. The van der Waals surface area contributed by atoms with E-state index in [-0.39, 0.29) is 18.2 Å². The normalized spacial score (nSPS) is 13.7. The van der Waals surface area contributed by atoms with Crippen molar-refractivity contribution in [3.8, 4) is 11.5 Å². The molecule has 1 aliphatic heterocycles. The Kier molecular flexibility index (Phi) is 6.94. The van der Waals surface area contributed by atoms with Gasteiger partial charge in [0.2, 0.25) is 11.8 Å². The van der Waals surface area contributed by atoms with Gasteiger partial charge in [0.05, 0.1) is 13.7 Å². The molecule has 154 valence electrons. The molecule has 0 bridgehead atoms. The lowest BCUT2D eigenvalue weighted by Gasteiger charge is -2.36. The first-order valence-corrected chi connectivity index (χ1v) is 9.78. The summed E-state index contributed by atoms with van der Waals surface area (Å²) in [5.41, 5.74) is 1.75. The van der Waals surface area contributed by atoms with Crippen molar-refractivity contribution in [1.82, 2.24) is 4.90 Å². The molecule has 0 unspecified atom stereocenters. The first-order chi connectivity index (χ1) is 14.1. The van der Waals surface area contributed by atoms with Crippen LogP contribution in [0.5, 0.6) is 11.5 Å². The maximum atomic E-state index is 12.5. The minimum atomic E-state index is -0.309. The van der Waals surface area contributed by atoms with Crippen molar-refractivity contribution in [1.29, 1.82) is 0 Å². The fourth-order valence-electron chi connectivity index (χ4n) is 3.26. The molecule has 0 radical (unpaired) electrons. The van der Waals surface area contributed by atoms with Gasteiger partial charge in [0.1, 0.15) is 17.9 Å². The van der Waals surface area contributed by atoms with Crippen LogP contribution >= 0.6 is 0 Å². The second-order valence-electron chi connectivity index (χ2n) is 6.75. The predicted molar refractivity (Wildman–Crippen MR) is 113 cm³/mol. The number of methoxy groups -OCH3 is 1. The average molecular weight is 397 g/mol. The Balaban J connectivity index is 1.45. The first-order valence-electron chi connectivity index (χ1n) is 9.78. The molecule has 0 aliphatic carbocycles. The minimum absolute atomic E-state index is 0.150. The van der Waals surface area contributed by atoms with Gasteiger partial charge >= 0.3 is 0 Å². The zero-order valence-corrected chi connectivity index (χ0v) is 16.9. The van der Waals surface area contributed by atoms with Crippen molar-refractivity contribution >= 4 is 23.2 Å². The fraction of sp³-hybridized carbons (Fsp3) is 0.364. The highest BCUT2D eigenvalue weighted by atomic mass is 16.5. The van der Waals surface area contributed by atoms with E-state index in [1.807, 2.05) is 31.2 Å². The molecule has 0 aromatic heterocycles. The van der Waals surface area contributed by atoms with Crippen molar-refractivity contribution in [3.63, 3.8) is 0 Å². The molecule has 2 amide bonds. The summed E-state index contributed by atoms with van der Waals surface area (Å²) in [6.45, 7) is 5.17. The number of carbonyl (C=O) groups is 2. The second kappa shape index (κ2) is 9.82. The van der Waals surface area contributed by atoms with Gasteiger partial charge in [-0.15, -0.1) is 0 Å². The van der Waals surface area contributed by atoms with Crippen molar-refractivity contribution in [3.05, 3.63) is 48.5 Å². The molecule has 1 N–H and O–H groups in total. The summed E-state index contributed by atoms with van der Waals surface area (Å²) in [5, 5.41) is 2.76. The monoisotopic (exact) mass is 397 g/mol. The number of nitrogens with zero attached hydrogens (tertiary/aromatic N) is 2. The van der Waals surface area contributed by atoms with Crippen LogP contribution in [-0.2, 0) is 9.59 Å². The van der Waals surface area contributed by atoms with Gasteiger partial charge in [-0.1, -0.05) is 0 Å². The van der Waals surface area contributed by atoms with Gasteiger partial charge in [-0.2, -0.15) is 0 Å². The smallest absolute Gasteiger partial charge is 0.233 e. The van der Waals surface area contributed by atoms with Gasteiger partial charge in [0, 0.05) is 37.6 Å². The standard InChI is InChI=1S/C22H27N3O4/c1-3-29-20-8-4-17(5-9-20)23-21(26)16-22(27)25-14-12-24(13-15-25)18-6-10-19(28-2)11-7-18/h4-11H,3,12-16H2,1-2H3,(H,23,26). The lowest BCUT2D eigenvalue weighted by Crippen LogP contribution is -2.49. The number of ether oxygens (including phenoxy) is 2. The molecule has 2 aromatic rings. The third-order valence-corrected chi connectivity index (χ3v) is 4.83. The number of benzene rings is 2. The number of amides is 2. The van der Waals surface area contributed by atoms with Crippen LogP contribution in [0, 0.1) is 0 Å². The van der Waals surface area contributed by atoms with E-state index < -0.39 is 0 Å². The molecule has 7 heteroatoms. The Bertz CT molecular complexity index is 813. The van der Waals surface area contributed by atoms with Crippen molar-refractivity contribution < 1.29 is 19.1 Å². The predicted octanol–water partition coefficient (Wildman–Crippen LogP) is 2.77. The second-order valence-corrected chi connectivity index (χ2v) is 6.75. The molecule has 0 spiro atoms. The third-order valence-electron chi connectivity index (χ3n) is 4.83. The number of rotatable bonds is 7. The molecule has 1 fully saturated rings. The molecule has 1 saturated heterocycles. The van der Waals surface area contributed by atoms with Crippen molar-refractivity contribution in [2.45, 2.75) is 13.3 Å². The maximum absolute atomic E-state index is 12.5. The zero-order valence-electron chi connectivity index (χ0n) is 16.9. The van der Waals surface area contributed by atoms with Crippen LogP contribution in [0.2, 0.25) is 0 Å². The maximum Gasteiger partial charge on any atom is 0.233 e. The zero-order chi connectivity index (χ0) is 20.6. The lowest BCUT2D eigenvalue weighted by molar-refractivity contribution is -0.134. The van der Waals surface area contributed by atoms with Crippen LogP contribution in [0.3, 0.4) is 0 Å². The summed E-state index contributed by atoms with van der Waals surface area (Å²) in [7, 11) is 1.64. The number of hydrogen-bond donors (Lipinski definition) is 1. The van der Waals surface area contributed by atoms with E-state index in [4.69, 9.17) is 9.47 Å². The van der Waals surface area contributed by atoms with E-state index in [9.17, 15) is 9.59 Å². The highest BCUT2D eigenvalue weighted by molar-refractivity contribution is 6.03. The molecule has 0 saturated carbocycles. The third kappa shape index (κ3) is 5.63. The lowest BCUT2D eigenvalue weighted by atomic mass is 10.2. The first kappa shape index (κ1) is 20.5. The highest BCUT2D eigenvalue weighted by Crippen LogP contribution is 2.21. The van der Waals surface area contributed by atoms with Gasteiger partial charge in [-0.3, -0.25) is 9.59 Å². The summed E-state index contributed by atoms with van der Waals surface area (Å²) in [4.78, 5) is 28.7. The molecule has 7 nitrogen and oxygen atoms in total. The summed E-state index contributed by atoms with van der Waals surface area (Å²) >= 11 is 0. The van der Waals surface area contributed by atoms with Gasteiger partial charge in [-0.25, -0.2) is 0 Å². The number of piperazine rings is 1. The van der Waals surface area contributed by atoms with Crippen molar-refractivity contribution in [2.24, 2.45) is 0 Å². The van der Waals surface area contributed by atoms with Crippen LogP contribution < -0.4 is 19.7 Å². The van der Waals surface area contributed by atoms with E-state index in [1.165, 1.54) is 0 Å². The van der Waals surface area contributed by atoms with Gasteiger partial charge in [0.15, 0.2) is 0 Å². The molecule has 3 rings (SSSR count). The molecule has 2 aromatic carbocycles. The molecule has 0 atom stereocenters. The number of anilines is 2. The molecule has 1 aliphatic rings. The van der Waals surface area contributed by atoms with Crippen molar-refractivity contribution in [2.75, 3.05) is 50.1 Å². The molecular formula is C22H27N3O4. The van der Waals surface area contributed by atoms with E-state index >= 15 is 0 Å². The fourth-order valence-corrected chi connectivity index (χ4v) is 3.26. The minimum Gasteiger partial charge on any atom is -0.497 e. The van der Waals surface area contributed by atoms with Crippen LogP contribution in [0.15, 0.2) is 48.5 Å². The Morgan fingerprint density at radius 2 is 1.55 bits per heavy atom. The molecule has 29 heavy (non-hydrogen) atoms. The number of nitrogens with one attached hydrogen (secondary N) is 1. The Morgan fingerprint density at radius 1 is 0.931 bits per heavy atom. The summed E-state index contributed by atoms with van der Waals surface area (Å²) in [6.07, 6.45) is -0.157. The summed E-state index contributed by atoms with van der Waals surface area (Å²) < 4.78 is 10.6. The summed E-state index contributed by atoms with van der Waals surface area (Å²) in [6, 6.07) is 15.0. The Hall–Kier alpha value is -3.22. The van der Waals surface area contributed by atoms with E-state index in [2.05, 4.69) is 10.2 Å². The SMILES string of the molecule is CCOc1ccc(NC(=O)CC(=O)N2CCN(c3ccc(OC)cc3)CC2)cc1. The van der Waals surface area contributed by atoms with E-state index in [1.54, 1.807) is 36.3 Å². The van der Waals surface area contributed by atoms with Gasteiger partial charge in [-0.05, 0) is 55.5 Å². The average Bonchev–Trinajstić information content (AvgIpc) is 2.75. The Morgan fingerprint density at radius 3 is 2.14 bits per heavy atom. The van der Waals surface area contributed by atoms with Gasteiger partial charge in [0.25, 0.3) is 0 Å². The topological polar surface area (TPSA) is 71.1 Å². The number of hydrogen-bond acceptors (Lipinski definition) is 5. The van der Waals surface area contributed by atoms with Crippen LogP contribution in [0.1, 0.15) is 13.3 Å². The van der Waals surface area contributed by atoms with E-state index in [0.717, 1.165) is 30.3 Å². The highest BCUT2D eigenvalue weighted by Gasteiger charge is 2.23. The summed E-state index contributed by atoms with van der Waals surface area (Å²) in [5.74, 6) is 1.11. The molecular weight excluding hydrogens is 370 g/mol. The molecule has 1 heterocycles. The largest absolute Gasteiger partial charge is 0.497 e. The van der Waals surface area contributed by atoms with Crippen LogP contribution in [0.25, 0.3) is 0 Å². The number of carbonyl (C=O) groups excluding carboxylic acids is 2.